The van der Waals surface area contributed by atoms with Crippen LogP contribution in [0.5, 0.6) is 11.5 Å². The Labute approximate surface area is 292 Å². The average molecular weight is 743 g/mol. The summed E-state index contributed by atoms with van der Waals surface area (Å²) in [5.41, 5.74) is -0.783. The summed E-state index contributed by atoms with van der Waals surface area (Å²) in [5.74, 6) is -1.77. The fraction of sp³-hybridized carbons (Fsp3) is 0.257. The molecule has 0 amide bonds. The lowest BCUT2D eigenvalue weighted by Crippen LogP contribution is -2.37. The number of rotatable bonds is 14. The number of hydrogen-bond donors (Lipinski definition) is 0. The van der Waals surface area contributed by atoms with Crippen molar-refractivity contribution in [1.82, 2.24) is 0 Å². The van der Waals surface area contributed by atoms with Crippen molar-refractivity contribution in [1.29, 1.82) is 0 Å². The van der Waals surface area contributed by atoms with E-state index in [1.54, 1.807) is 24.3 Å². The average Bonchev–Trinajstić information content (AvgIpc) is 3.04. The minimum Gasteiger partial charge on any atom is -0.479 e. The molecule has 0 heterocycles. The second-order valence-electron chi connectivity index (χ2n) is 10.5. The summed E-state index contributed by atoms with van der Waals surface area (Å²) in [7, 11) is 0. The van der Waals surface area contributed by atoms with E-state index in [2.05, 4.69) is 0 Å². The van der Waals surface area contributed by atoms with Crippen LogP contribution in [0.25, 0.3) is 0 Å². The van der Waals surface area contributed by atoms with Crippen LogP contribution in [0.2, 0.25) is 5.02 Å². The lowest BCUT2D eigenvalue weighted by molar-refractivity contribution is -0.169. The predicted octanol–water partition coefficient (Wildman–Crippen LogP) is 10.3. The van der Waals surface area contributed by atoms with Gasteiger partial charge in [-0.25, -0.2) is 9.59 Å². The smallest absolute Gasteiger partial charge is 0.416 e. The lowest BCUT2D eigenvalue weighted by atomic mass is 10.2. The topological polar surface area (TPSA) is 61.8 Å². The Morgan fingerprint density at radius 1 is 0.653 bits per heavy atom. The van der Waals surface area contributed by atoms with Crippen LogP contribution in [0, 0.1) is 6.92 Å². The number of aryl methyl sites for hydroxylation is 1. The van der Waals surface area contributed by atoms with Gasteiger partial charge in [-0.05, 0) is 85.8 Å². The van der Waals surface area contributed by atoms with Gasteiger partial charge in [-0.3, -0.25) is 0 Å². The number of benzene rings is 4. The summed E-state index contributed by atoms with van der Waals surface area (Å²) < 4.78 is 95.2. The van der Waals surface area contributed by atoms with Gasteiger partial charge in [-0.15, -0.1) is 23.5 Å². The summed E-state index contributed by atoms with van der Waals surface area (Å²) in [6.07, 6.45) is -12.0. The zero-order chi connectivity index (χ0) is 35.6. The summed E-state index contributed by atoms with van der Waals surface area (Å²) in [6.45, 7) is 1.93. The van der Waals surface area contributed by atoms with E-state index in [9.17, 15) is 35.9 Å². The van der Waals surface area contributed by atoms with Gasteiger partial charge in [0.05, 0.1) is 11.1 Å². The highest BCUT2D eigenvalue weighted by Crippen LogP contribution is 2.32. The van der Waals surface area contributed by atoms with E-state index in [4.69, 9.17) is 25.8 Å². The highest BCUT2D eigenvalue weighted by Gasteiger charge is 2.33. The molecule has 0 saturated heterocycles. The van der Waals surface area contributed by atoms with Gasteiger partial charge in [0.2, 0.25) is 0 Å². The first-order valence-corrected chi connectivity index (χ1v) is 17.0. The Hall–Kier alpha value is -3.81. The number of carbonyl (C=O) groups excluding carboxylic acids is 2. The number of esters is 2. The van der Waals surface area contributed by atoms with Crippen molar-refractivity contribution in [3.05, 3.63) is 119 Å². The molecule has 5 nitrogen and oxygen atoms in total. The van der Waals surface area contributed by atoms with Gasteiger partial charge in [-0.2, -0.15) is 26.3 Å². The van der Waals surface area contributed by atoms with Crippen molar-refractivity contribution < 1.29 is 50.1 Å². The second-order valence-corrected chi connectivity index (χ2v) is 13.3. The number of thioether (sulfide) groups is 2. The first kappa shape index (κ1) is 38.0. The van der Waals surface area contributed by atoms with Crippen molar-refractivity contribution in [2.24, 2.45) is 0 Å². The maximum absolute atomic E-state index is 13.4. The molecular weight excluding hydrogens is 714 g/mol. The van der Waals surface area contributed by atoms with Gasteiger partial charge in [0.1, 0.15) is 11.5 Å². The quantitative estimate of drug-likeness (QED) is 0.0552. The molecule has 0 aromatic heterocycles. The standard InChI is InChI=1S/C35H29ClF6O5S2/c1-22-5-15-28(16-6-22)48-19-17-30(45-26-11-7-23(8-12-26)34(37,38)39)32(43)47-33(44)31(18-20-49-29-4-2-3-25(36)21-29)46-27-13-9-24(10-14-27)35(40,41)42/h2-16,21,30-31H,17-20H2,1H3. The predicted molar refractivity (Wildman–Crippen MR) is 176 cm³/mol. The number of halogens is 7. The van der Waals surface area contributed by atoms with Crippen molar-refractivity contribution in [3.8, 4) is 11.5 Å². The third kappa shape index (κ3) is 12.2. The molecular formula is C35H29ClF6O5S2. The van der Waals surface area contributed by atoms with E-state index < -0.39 is 47.6 Å². The van der Waals surface area contributed by atoms with Gasteiger partial charge in [0.15, 0.2) is 12.2 Å². The molecule has 0 N–H and O–H groups in total. The van der Waals surface area contributed by atoms with Gasteiger partial charge >= 0.3 is 24.3 Å². The maximum atomic E-state index is 13.4. The van der Waals surface area contributed by atoms with Gasteiger partial charge in [-0.1, -0.05) is 35.4 Å². The van der Waals surface area contributed by atoms with Crippen molar-refractivity contribution >= 4 is 47.1 Å². The van der Waals surface area contributed by atoms with Crippen molar-refractivity contribution in [2.75, 3.05) is 11.5 Å². The van der Waals surface area contributed by atoms with E-state index in [0.29, 0.717) is 10.8 Å². The molecule has 0 spiro atoms. The number of alkyl halides is 6. The molecule has 4 rings (SSSR count). The van der Waals surface area contributed by atoms with E-state index in [-0.39, 0.29) is 30.1 Å². The molecule has 0 bridgehead atoms. The molecule has 0 radical (unpaired) electrons. The van der Waals surface area contributed by atoms with Crippen molar-refractivity contribution in [3.63, 3.8) is 0 Å². The van der Waals surface area contributed by atoms with Crippen molar-refractivity contribution in [2.45, 2.75) is 54.1 Å². The van der Waals surface area contributed by atoms with Gasteiger partial charge < -0.3 is 14.2 Å². The molecule has 2 unspecified atom stereocenters. The Morgan fingerprint density at radius 3 is 1.53 bits per heavy atom. The Morgan fingerprint density at radius 2 is 1.10 bits per heavy atom. The summed E-state index contributed by atoms with van der Waals surface area (Å²) in [4.78, 5) is 28.4. The summed E-state index contributed by atoms with van der Waals surface area (Å²) in [6, 6.07) is 21.9. The van der Waals surface area contributed by atoms with Crippen LogP contribution in [0.4, 0.5) is 26.3 Å². The fourth-order valence-electron chi connectivity index (χ4n) is 4.21. The molecule has 0 saturated carbocycles. The second kappa shape index (κ2) is 17.2. The Bertz CT molecular complexity index is 1680. The van der Waals surface area contributed by atoms with Crippen LogP contribution in [-0.4, -0.2) is 35.7 Å². The molecule has 260 valence electrons. The Balaban J connectivity index is 1.49. The highest BCUT2D eigenvalue weighted by atomic mass is 35.5. The van der Waals surface area contributed by atoms with Crippen LogP contribution < -0.4 is 9.47 Å². The monoisotopic (exact) mass is 742 g/mol. The van der Waals surface area contributed by atoms with E-state index in [1.807, 2.05) is 31.2 Å². The molecule has 14 heteroatoms. The zero-order valence-electron chi connectivity index (χ0n) is 25.7. The molecule has 0 aliphatic heterocycles. The summed E-state index contributed by atoms with van der Waals surface area (Å²) in [5, 5.41) is 0.493. The molecule has 49 heavy (non-hydrogen) atoms. The van der Waals surface area contributed by atoms with Crippen LogP contribution >= 0.6 is 35.1 Å². The largest absolute Gasteiger partial charge is 0.479 e. The first-order chi connectivity index (χ1) is 23.2. The first-order valence-electron chi connectivity index (χ1n) is 14.7. The minimum absolute atomic E-state index is 0.0146. The molecule has 0 aliphatic rings. The molecule has 0 aliphatic carbocycles. The number of hydrogen-bond acceptors (Lipinski definition) is 7. The van der Waals surface area contributed by atoms with Crippen LogP contribution in [0.1, 0.15) is 29.5 Å². The van der Waals surface area contributed by atoms with Gasteiger partial charge in [0.25, 0.3) is 0 Å². The fourth-order valence-corrected chi connectivity index (χ4v) is 6.32. The molecule has 2 atom stereocenters. The third-order valence-electron chi connectivity index (χ3n) is 6.76. The lowest BCUT2D eigenvalue weighted by Gasteiger charge is -2.21. The van der Waals surface area contributed by atoms with E-state index in [0.717, 1.165) is 63.9 Å². The SMILES string of the molecule is Cc1ccc(SCCC(Oc2ccc(C(F)(F)F)cc2)C(=O)OC(=O)C(CCSc2cccc(Cl)c2)Oc2ccc(C(F)(F)F)cc2)cc1. The van der Waals surface area contributed by atoms with Crippen LogP contribution in [-0.2, 0) is 26.7 Å². The van der Waals surface area contributed by atoms with Crippen LogP contribution in [0.3, 0.4) is 0 Å². The molecule has 4 aromatic rings. The highest BCUT2D eigenvalue weighted by molar-refractivity contribution is 7.99. The number of carbonyl (C=O) groups is 2. The van der Waals surface area contributed by atoms with E-state index in [1.165, 1.54) is 23.5 Å². The zero-order valence-corrected chi connectivity index (χ0v) is 28.1. The Kier molecular flexibility index (Phi) is 13.4. The van der Waals surface area contributed by atoms with Gasteiger partial charge in [0, 0.05) is 39.2 Å². The minimum atomic E-state index is -4.59. The molecule has 0 fully saturated rings. The maximum Gasteiger partial charge on any atom is 0.416 e. The molecule has 4 aromatic carbocycles. The van der Waals surface area contributed by atoms with E-state index >= 15 is 0 Å². The number of ether oxygens (including phenoxy) is 3. The summed E-state index contributed by atoms with van der Waals surface area (Å²) >= 11 is 8.76. The third-order valence-corrected chi connectivity index (χ3v) is 9.07. The van der Waals surface area contributed by atoms with Crippen LogP contribution in [0.15, 0.2) is 107 Å². The normalized spacial score (nSPS) is 13.0.